The lowest BCUT2D eigenvalue weighted by atomic mass is 9.47. The van der Waals surface area contributed by atoms with Crippen LogP contribution in [0.25, 0.3) is 63.6 Å². The van der Waals surface area contributed by atoms with Crippen LogP contribution in [0.1, 0.15) is 97.1 Å². The highest BCUT2D eigenvalue weighted by atomic mass is 32.1. The minimum Gasteiger partial charge on any atom is -0.465 e. The molecule has 0 aliphatic carbocycles. The summed E-state index contributed by atoms with van der Waals surface area (Å²) in [5.41, 5.74) is 14.2. The molecule has 8 heteroatoms. The summed E-state index contributed by atoms with van der Waals surface area (Å²) in [6, 6.07) is 30.5. The molecule has 5 nitrogen and oxygen atoms in total. The Morgan fingerprint density at radius 2 is 1.00 bits per heavy atom. The van der Waals surface area contributed by atoms with Gasteiger partial charge in [0, 0.05) is 52.4 Å². The number of aryl methyl sites for hydroxylation is 2. The van der Waals surface area contributed by atoms with E-state index in [2.05, 4.69) is 54.7 Å². The molecule has 3 aromatic heterocycles. The van der Waals surface area contributed by atoms with Crippen molar-refractivity contribution < 1.29 is 19.1 Å². The van der Waals surface area contributed by atoms with Crippen LogP contribution in [0.15, 0.2) is 84.9 Å². The Kier molecular flexibility index (Phi) is 9.97. The number of nitrogens with zero attached hydrogens (tertiary/aromatic N) is 1. The Labute approximate surface area is 337 Å². The molecule has 2 aliphatic heterocycles. The van der Waals surface area contributed by atoms with Gasteiger partial charge in [0.1, 0.15) is 0 Å². The van der Waals surface area contributed by atoms with Gasteiger partial charge in [-0.1, -0.05) is 76.6 Å². The van der Waals surface area contributed by atoms with Gasteiger partial charge in [0.2, 0.25) is 0 Å². The second-order valence-electron chi connectivity index (χ2n) is 15.4. The molecule has 7 aromatic rings. The monoisotopic (exact) mass is 775 g/mol. The third kappa shape index (κ3) is 6.22. The number of thiophene rings is 2. The highest BCUT2D eigenvalue weighted by Crippen LogP contribution is 2.50. The van der Waals surface area contributed by atoms with Crippen LogP contribution in [0, 0.1) is 0 Å². The Hall–Kier alpha value is -4.92. The van der Waals surface area contributed by atoms with Gasteiger partial charge in [-0.05, 0) is 120 Å². The van der Waals surface area contributed by atoms with E-state index in [1.165, 1.54) is 140 Å². The first kappa shape index (κ1) is 36.7. The van der Waals surface area contributed by atoms with Crippen molar-refractivity contribution in [3.63, 3.8) is 0 Å². The number of unbranched alkanes of at least 4 members (excludes halogenated alkanes) is 6. The SMILES string of the molecule is CCCCCCc1cc2c3c(c1)c1cc(CCCCCC)cc4c1n3B(c1cc(-c3ccc(C(=O)OC)cc3)sc1-2)c1cc(-c2ccc(C(=O)OC)cc2)sc1-4. The predicted molar refractivity (Wildman–Crippen MR) is 236 cm³/mol. The molecular weight excluding hydrogens is 729 g/mol. The van der Waals surface area contributed by atoms with Gasteiger partial charge < -0.3 is 14.0 Å². The molecule has 282 valence electrons. The lowest BCUT2D eigenvalue weighted by molar-refractivity contribution is 0.0592. The van der Waals surface area contributed by atoms with Crippen LogP contribution >= 0.6 is 22.7 Å². The highest BCUT2D eigenvalue weighted by Gasteiger charge is 2.42. The molecule has 9 rings (SSSR count). The van der Waals surface area contributed by atoms with Crippen LogP contribution in [-0.2, 0) is 22.3 Å². The van der Waals surface area contributed by atoms with Gasteiger partial charge in [-0.3, -0.25) is 0 Å². The third-order valence-corrected chi connectivity index (χ3v) is 14.3. The summed E-state index contributed by atoms with van der Waals surface area (Å²) < 4.78 is 12.7. The Balaban J connectivity index is 1.27. The first-order valence-electron chi connectivity index (χ1n) is 20.2. The van der Waals surface area contributed by atoms with Crippen LogP contribution in [0.4, 0.5) is 0 Å². The van der Waals surface area contributed by atoms with Crippen LogP contribution in [0.3, 0.4) is 0 Å². The summed E-state index contributed by atoms with van der Waals surface area (Å²) in [5.74, 6) is -0.650. The van der Waals surface area contributed by atoms with E-state index in [1.54, 1.807) is 0 Å². The van der Waals surface area contributed by atoms with Crippen molar-refractivity contribution in [3.8, 4) is 41.8 Å². The molecule has 0 saturated heterocycles. The van der Waals surface area contributed by atoms with Gasteiger partial charge in [-0.25, -0.2) is 9.59 Å². The topological polar surface area (TPSA) is 57.5 Å². The Morgan fingerprint density at radius 1 is 0.571 bits per heavy atom. The smallest absolute Gasteiger partial charge is 0.337 e. The molecule has 4 aromatic carbocycles. The molecule has 0 spiro atoms. The maximum Gasteiger partial charge on any atom is 0.337 e. The van der Waals surface area contributed by atoms with Gasteiger partial charge in [-0.15, -0.1) is 22.7 Å². The van der Waals surface area contributed by atoms with E-state index < -0.39 is 0 Å². The van der Waals surface area contributed by atoms with E-state index in [0.29, 0.717) is 11.1 Å². The second kappa shape index (κ2) is 15.2. The Morgan fingerprint density at radius 3 is 1.39 bits per heavy atom. The molecule has 0 N–H and O–H groups in total. The molecule has 0 atom stereocenters. The number of aromatic nitrogens is 1. The van der Waals surface area contributed by atoms with Crippen molar-refractivity contribution in [3.05, 3.63) is 107 Å². The predicted octanol–water partition coefficient (Wildman–Crippen LogP) is 11.7. The molecule has 2 aliphatic rings. The maximum absolute atomic E-state index is 12.3. The van der Waals surface area contributed by atoms with Crippen molar-refractivity contribution in [2.24, 2.45) is 0 Å². The van der Waals surface area contributed by atoms with Crippen LogP contribution in [0.2, 0.25) is 0 Å². The fourth-order valence-corrected chi connectivity index (χ4v) is 11.4. The van der Waals surface area contributed by atoms with Crippen molar-refractivity contribution in [1.29, 1.82) is 0 Å². The average Bonchev–Trinajstić information content (AvgIpc) is 3.97. The average molecular weight is 776 g/mol. The number of fused-ring (bicyclic) bond motifs is 7. The zero-order valence-electron chi connectivity index (χ0n) is 32.6. The van der Waals surface area contributed by atoms with Crippen LogP contribution < -0.4 is 10.9 Å². The van der Waals surface area contributed by atoms with Crippen molar-refractivity contribution in [1.82, 2.24) is 4.48 Å². The first-order valence-corrected chi connectivity index (χ1v) is 21.8. The first-order chi connectivity index (χ1) is 27.4. The third-order valence-electron chi connectivity index (χ3n) is 11.8. The lowest BCUT2D eigenvalue weighted by Gasteiger charge is -2.29. The number of methoxy groups -OCH3 is 2. The van der Waals surface area contributed by atoms with E-state index in [0.717, 1.165) is 24.0 Å². The summed E-state index contributed by atoms with van der Waals surface area (Å²) in [7, 11) is 2.85. The Bertz CT molecular complexity index is 2450. The molecule has 0 fully saturated rings. The summed E-state index contributed by atoms with van der Waals surface area (Å²) >= 11 is 3.74. The zero-order chi connectivity index (χ0) is 38.5. The van der Waals surface area contributed by atoms with Gasteiger partial charge in [0.05, 0.1) is 25.3 Å². The zero-order valence-corrected chi connectivity index (χ0v) is 34.3. The largest absolute Gasteiger partial charge is 0.465 e. The number of ether oxygens (including phenoxy) is 2. The number of benzene rings is 4. The molecule has 56 heavy (non-hydrogen) atoms. The summed E-state index contributed by atoms with van der Waals surface area (Å²) in [6.07, 6.45) is 12.1. The number of carbonyl (C=O) groups is 2. The van der Waals surface area contributed by atoms with Gasteiger partial charge >= 0.3 is 18.8 Å². The molecule has 5 heterocycles. The number of rotatable bonds is 14. The summed E-state index contributed by atoms with van der Waals surface area (Å²) in [5, 5.41) is 2.75. The van der Waals surface area contributed by atoms with E-state index >= 15 is 0 Å². The standard InChI is InChI=1S/C48H46BNO4S2/c1-5-7-9-11-13-29-23-35-36-24-30(14-12-10-8-6-2)26-38-44(36)50-43(35)37(25-29)45-39(27-41(55-45)31-15-19-33(20-16-31)47(51)53-3)49(50)40-28-42(56-46(38)40)32-17-21-34(22-18-32)48(52)54-4/h15-28H,5-14H2,1-4H3. The second-order valence-corrected chi connectivity index (χ2v) is 17.5. The van der Waals surface area contributed by atoms with Crippen LogP contribution in [0.5, 0.6) is 0 Å². The van der Waals surface area contributed by atoms with Crippen molar-refractivity contribution >= 4 is 74.2 Å². The number of esters is 2. The fourth-order valence-electron chi connectivity index (χ4n) is 8.98. The number of hydrogen-bond donors (Lipinski definition) is 0. The van der Waals surface area contributed by atoms with E-state index in [1.807, 2.05) is 71.2 Å². The minimum absolute atomic E-state index is 0.0180. The summed E-state index contributed by atoms with van der Waals surface area (Å²) in [6.45, 7) is 4.58. The van der Waals surface area contributed by atoms with Crippen LogP contribution in [-0.4, -0.2) is 37.5 Å². The van der Waals surface area contributed by atoms with E-state index in [9.17, 15) is 9.59 Å². The lowest BCUT2D eigenvalue weighted by Crippen LogP contribution is -2.52. The quantitative estimate of drug-likeness (QED) is 0.0627. The van der Waals surface area contributed by atoms with Crippen molar-refractivity contribution in [2.75, 3.05) is 14.2 Å². The van der Waals surface area contributed by atoms with Crippen molar-refractivity contribution in [2.45, 2.75) is 78.1 Å². The normalized spacial score (nSPS) is 12.4. The van der Waals surface area contributed by atoms with Gasteiger partial charge in [0.15, 0.2) is 0 Å². The minimum atomic E-state index is -0.325. The van der Waals surface area contributed by atoms with E-state index in [-0.39, 0.29) is 18.8 Å². The number of hydrogen-bond acceptors (Lipinski definition) is 6. The molecule has 0 unspecified atom stereocenters. The van der Waals surface area contributed by atoms with E-state index in [4.69, 9.17) is 9.47 Å². The summed E-state index contributed by atoms with van der Waals surface area (Å²) in [4.78, 5) is 29.7. The van der Waals surface area contributed by atoms with Gasteiger partial charge in [0.25, 0.3) is 0 Å². The molecule has 0 radical (unpaired) electrons. The molecular formula is C48H46BNO4S2. The molecule has 0 saturated carbocycles. The molecule has 0 bridgehead atoms. The highest BCUT2D eigenvalue weighted by molar-refractivity contribution is 7.23. The molecule has 0 amide bonds. The maximum atomic E-state index is 12.3. The van der Waals surface area contributed by atoms with Gasteiger partial charge in [-0.2, -0.15) is 0 Å². The number of carbonyl (C=O) groups excluding carboxylic acids is 2. The fraction of sp³-hybridized carbons (Fsp3) is 0.292.